The van der Waals surface area contributed by atoms with Crippen LogP contribution in [0.1, 0.15) is 19.8 Å². The summed E-state index contributed by atoms with van der Waals surface area (Å²) in [6.45, 7) is 7.80. The van der Waals surface area contributed by atoms with Gasteiger partial charge in [-0.3, -0.25) is 4.99 Å². The third-order valence-corrected chi connectivity index (χ3v) is 4.65. The van der Waals surface area contributed by atoms with Gasteiger partial charge >= 0.3 is 0 Å². The second kappa shape index (κ2) is 13.2. The zero-order valence-corrected chi connectivity index (χ0v) is 19.7. The monoisotopic (exact) mass is 528 g/mol. The first-order chi connectivity index (χ1) is 14.3. The van der Waals surface area contributed by atoms with Gasteiger partial charge in [0.1, 0.15) is 11.6 Å². The summed E-state index contributed by atoms with van der Waals surface area (Å²) in [5.74, 6) is 2.19. The number of aromatic nitrogens is 2. The largest absolute Gasteiger partial charge is 0.494 e. The fourth-order valence-electron chi connectivity index (χ4n) is 3.12. The average Bonchev–Trinajstić information content (AvgIpc) is 2.77. The van der Waals surface area contributed by atoms with Crippen molar-refractivity contribution in [1.29, 1.82) is 0 Å². The van der Waals surface area contributed by atoms with Gasteiger partial charge in [0.05, 0.1) is 6.61 Å². The molecular formula is C21H30FIN6O. The predicted octanol–water partition coefficient (Wildman–Crippen LogP) is 3.18. The number of halogens is 2. The molecule has 0 radical (unpaired) electrons. The molecule has 0 atom stereocenters. The second-order valence-corrected chi connectivity index (χ2v) is 6.77. The molecule has 164 valence electrons. The molecule has 1 aliphatic rings. The molecule has 1 N–H and O–H groups in total. The van der Waals surface area contributed by atoms with E-state index >= 15 is 0 Å². The number of nitrogens with zero attached hydrogens (tertiary/aromatic N) is 5. The highest BCUT2D eigenvalue weighted by atomic mass is 127. The van der Waals surface area contributed by atoms with E-state index in [0.717, 1.165) is 64.0 Å². The van der Waals surface area contributed by atoms with Gasteiger partial charge in [-0.1, -0.05) is 0 Å². The van der Waals surface area contributed by atoms with Crippen molar-refractivity contribution in [1.82, 2.24) is 20.2 Å². The number of aliphatic imine (C=N–C) groups is 1. The number of hydrogen-bond donors (Lipinski definition) is 1. The van der Waals surface area contributed by atoms with Crippen LogP contribution in [0.25, 0.3) is 0 Å². The van der Waals surface area contributed by atoms with Crippen LogP contribution < -0.4 is 15.0 Å². The van der Waals surface area contributed by atoms with Gasteiger partial charge in [0.25, 0.3) is 0 Å². The summed E-state index contributed by atoms with van der Waals surface area (Å²) in [6.07, 6.45) is 5.40. The molecule has 1 aromatic heterocycles. The number of ether oxygens (including phenoxy) is 1. The molecule has 0 unspecified atom stereocenters. The Hall–Kier alpha value is -2.17. The first-order valence-corrected chi connectivity index (χ1v) is 10.2. The minimum absolute atomic E-state index is 0. The smallest absolute Gasteiger partial charge is 0.225 e. The number of anilines is 1. The first-order valence-electron chi connectivity index (χ1n) is 10.2. The Balaban J connectivity index is 0.00000320. The highest BCUT2D eigenvalue weighted by Crippen LogP contribution is 2.12. The van der Waals surface area contributed by atoms with Crippen molar-refractivity contribution < 1.29 is 9.13 Å². The molecule has 0 bridgehead atoms. The minimum atomic E-state index is -0.250. The van der Waals surface area contributed by atoms with Crippen molar-refractivity contribution in [2.45, 2.75) is 19.8 Å². The molecule has 0 saturated carbocycles. The molecule has 3 rings (SSSR count). The minimum Gasteiger partial charge on any atom is -0.494 e. The van der Waals surface area contributed by atoms with Gasteiger partial charge in [-0.05, 0) is 50.1 Å². The Bertz CT molecular complexity index is 754. The third-order valence-electron chi connectivity index (χ3n) is 4.65. The van der Waals surface area contributed by atoms with Crippen molar-refractivity contribution in [3.63, 3.8) is 0 Å². The summed E-state index contributed by atoms with van der Waals surface area (Å²) in [7, 11) is 0. The summed E-state index contributed by atoms with van der Waals surface area (Å²) in [5.41, 5.74) is 0. The molecular weight excluding hydrogens is 498 g/mol. The van der Waals surface area contributed by atoms with E-state index in [1.165, 1.54) is 12.1 Å². The van der Waals surface area contributed by atoms with Crippen LogP contribution in [0.2, 0.25) is 0 Å². The van der Waals surface area contributed by atoms with Crippen LogP contribution in [0, 0.1) is 5.82 Å². The third kappa shape index (κ3) is 7.58. The maximum Gasteiger partial charge on any atom is 0.225 e. The lowest BCUT2D eigenvalue weighted by atomic mass is 10.3. The zero-order valence-electron chi connectivity index (χ0n) is 17.3. The number of benzene rings is 1. The molecule has 0 amide bonds. The summed E-state index contributed by atoms with van der Waals surface area (Å²) in [5, 5.41) is 3.39. The van der Waals surface area contributed by atoms with Gasteiger partial charge in [-0.2, -0.15) is 0 Å². The molecule has 7 nitrogen and oxygen atoms in total. The Morgan fingerprint density at radius 3 is 2.47 bits per heavy atom. The quantitative estimate of drug-likeness (QED) is 0.246. The SMILES string of the molecule is CCNC(=NCCCCOc1ccc(F)cc1)N1CCN(c2ncccn2)CC1.I. The predicted molar refractivity (Wildman–Crippen MR) is 128 cm³/mol. The van der Waals surface area contributed by atoms with Gasteiger partial charge < -0.3 is 19.9 Å². The van der Waals surface area contributed by atoms with Crippen LogP contribution >= 0.6 is 24.0 Å². The van der Waals surface area contributed by atoms with Gasteiger partial charge in [-0.25, -0.2) is 14.4 Å². The Kier molecular flexibility index (Phi) is 10.6. The zero-order chi connectivity index (χ0) is 20.3. The highest BCUT2D eigenvalue weighted by Gasteiger charge is 2.20. The van der Waals surface area contributed by atoms with E-state index in [4.69, 9.17) is 9.73 Å². The molecule has 2 heterocycles. The standard InChI is InChI=1S/C21H29FN6O.HI/c1-2-23-20(24-10-3-4-17-29-19-8-6-18(22)7-9-19)27-13-15-28(16-14-27)21-25-11-5-12-26-21;/h5-9,11-12H,2-4,10,13-17H2,1H3,(H,23,24);1H. The van der Waals surface area contributed by atoms with E-state index in [9.17, 15) is 4.39 Å². The lowest BCUT2D eigenvalue weighted by molar-refractivity contribution is 0.307. The van der Waals surface area contributed by atoms with E-state index in [1.807, 2.05) is 6.07 Å². The fraction of sp³-hybridized carbons (Fsp3) is 0.476. The van der Waals surface area contributed by atoms with Gasteiger partial charge in [0, 0.05) is 51.7 Å². The molecule has 0 aliphatic carbocycles. The number of rotatable bonds is 8. The van der Waals surface area contributed by atoms with Crippen molar-refractivity contribution in [2.75, 3.05) is 50.8 Å². The molecule has 1 aliphatic heterocycles. The number of hydrogen-bond acceptors (Lipinski definition) is 5. The molecule has 2 aromatic rings. The maximum atomic E-state index is 12.9. The highest BCUT2D eigenvalue weighted by molar-refractivity contribution is 14.0. The van der Waals surface area contributed by atoms with Crippen molar-refractivity contribution in [3.8, 4) is 5.75 Å². The Morgan fingerprint density at radius 2 is 1.80 bits per heavy atom. The summed E-state index contributed by atoms with van der Waals surface area (Å²) >= 11 is 0. The molecule has 1 aromatic carbocycles. The summed E-state index contributed by atoms with van der Waals surface area (Å²) in [4.78, 5) is 17.9. The summed E-state index contributed by atoms with van der Waals surface area (Å²) < 4.78 is 18.5. The number of unbranched alkanes of at least 4 members (excludes halogenated alkanes) is 1. The molecule has 0 spiro atoms. The van der Waals surface area contributed by atoms with Gasteiger partial charge in [0.2, 0.25) is 5.95 Å². The topological polar surface area (TPSA) is 65.9 Å². The normalized spacial score (nSPS) is 14.3. The van der Waals surface area contributed by atoms with Crippen molar-refractivity contribution in [3.05, 3.63) is 48.5 Å². The molecule has 1 saturated heterocycles. The number of nitrogens with one attached hydrogen (secondary N) is 1. The van der Waals surface area contributed by atoms with Gasteiger partial charge in [-0.15, -0.1) is 24.0 Å². The van der Waals surface area contributed by atoms with E-state index < -0.39 is 0 Å². The van der Waals surface area contributed by atoms with Crippen LogP contribution in [0.15, 0.2) is 47.7 Å². The average molecular weight is 528 g/mol. The Labute approximate surface area is 194 Å². The fourth-order valence-corrected chi connectivity index (χ4v) is 3.12. The van der Waals surface area contributed by atoms with Crippen molar-refractivity contribution in [2.24, 2.45) is 4.99 Å². The summed E-state index contributed by atoms with van der Waals surface area (Å²) in [6, 6.07) is 7.95. The number of guanidine groups is 1. The van der Waals surface area contributed by atoms with E-state index in [2.05, 4.69) is 32.0 Å². The number of piperazine rings is 1. The van der Waals surface area contributed by atoms with Gasteiger partial charge in [0.15, 0.2) is 5.96 Å². The molecule has 9 heteroatoms. The van der Waals surface area contributed by atoms with Crippen LogP contribution in [0.3, 0.4) is 0 Å². The maximum absolute atomic E-state index is 12.9. The molecule has 30 heavy (non-hydrogen) atoms. The van der Waals surface area contributed by atoms with Crippen LogP contribution in [0.4, 0.5) is 10.3 Å². The van der Waals surface area contributed by atoms with Crippen LogP contribution in [-0.2, 0) is 0 Å². The lowest BCUT2D eigenvalue weighted by Gasteiger charge is -2.36. The van der Waals surface area contributed by atoms with Crippen molar-refractivity contribution >= 4 is 35.9 Å². The van der Waals surface area contributed by atoms with E-state index in [-0.39, 0.29) is 29.8 Å². The molecule has 1 fully saturated rings. The second-order valence-electron chi connectivity index (χ2n) is 6.77. The van der Waals surface area contributed by atoms with E-state index in [1.54, 1.807) is 24.5 Å². The Morgan fingerprint density at radius 1 is 1.10 bits per heavy atom. The first kappa shape index (κ1) is 24.1. The lowest BCUT2D eigenvalue weighted by Crippen LogP contribution is -2.53. The van der Waals surface area contributed by atoms with E-state index in [0.29, 0.717) is 12.4 Å². The van der Waals surface area contributed by atoms with Crippen LogP contribution in [-0.4, -0.2) is 66.7 Å². The van der Waals surface area contributed by atoms with Crippen LogP contribution in [0.5, 0.6) is 5.75 Å².